The van der Waals surface area contributed by atoms with Gasteiger partial charge in [-0.15, -0.1) is 0 Å². The maximum Gasteiger partial charge on any atom is 0.257 e. The predicted molar refractivity (Wildman–Crippen MR) is 69.9 cm³/mol. The molecule has 1 aromatic rings. The molecule has 1 N–H and O–H groups in total. The first-order valence-corrected chi connectivity index (χ1v) is 6.40. The number of nitrogens with zero attached hydrogens (tertiary/aromatic N) is 3. The van der Waals surface area contributed by atoms with E-state index < -0.39 is 5.60 Å². The molecule has 0 spiro atoms. The van der Waals surface area contributed by atoms with Gasteiger partial charge in [0.15, 0.2) is 0 Å². The molecule has 6 nitrogen and oxygen atoms in total. The lowest BCUT2D eigenvalue weighted by Gasteiger charge is -2.42. The standard InChI is InChI=1S/C13H21N3O3/c1-9-11(6-15(4)14-9)12(18)16-5-10(7-17)19-13(2,3)8-16/h6,10,17H,5,7-8H2,1-4H3. The van der Waals surface area contributed by atoms with Crippen LogP contribution in [0.25, 0.3) is 0 Å². The second-order valence-corrected chi connectivity index (χ2v) is 5.67. The minimum atomic E-state index is -0.447. The molecular formula is C13H21N3O3. The van der Waals surface area contributed by atoms with E-state index in [-0.39, 0.29) is 18.6 Å². The highest BCUT2D eigenvalue weighted by atomic mass is 16.5. The molecular weight excluding hydrogens is 246 g/mol. The van der Waals surface area contributed by atoms with E-state index in [2.05, 4.69) is 5.10 Å². The fourth-order valence-electron chi connectivity index (χ4n) is 2.53. The number of aryl methyl sites for hydroxylation is 2. The van der Waals surface area contributed by atoms with Crippen LogP contribution in [-0.2, 0) is 11.8 Å². The molecule has 0 aliphatic carbocycles. The summed E-state index contributed by atoms with van der Waals surface area (Å²) in [6.07, 6.45) is 1.40. The van der Waals surface area contributed by atoms with Gasteiger partial charge in [-0.25, -0.2) is 0 Å². The van der Waals surface area contributed by atoms with Crippen molar-refractivity contribution < 1.29 is 14.6 Å². The Morgan fingerprint density at radius 2 is 2.32 bits per heavy atom. The number of hydrogen-bond acceptors (Lipinski definition) is 4. The summed E-state index contributed by atoms with van der Waals surface area (Å²) in [5.74, 6) is -0.0552. The third-order valence-electron chi connectivity index (χ3n) is 3.22. The van der Waals surface area contributed by atoms with Gasteiger partial charge in [-0.05, 0) is 20.8 Å². The molecule has 2 rings (SSSR count). The number of amides is 1. The van der Waals surface area contributed by atoms with E-state index in [1.54, 1.807) is 22.8 Å². The first kappa shape index (κ1) is 14.0. The van der Waals surface area contributed by atoms with Gasteiger partial charge in [0.25, 0.3) is 5.91 Å². The third kappa shape index (κ3) is 2.96. The van der Waals surface area contributed by atoms with Crippen molar-refractivity contribution >= 4 is 5.91 Å². The number of aromatic nitrogens is 2. The van der Waals surface area contributed by atoms with Crippen molar-refractivity contribution in [2.24, 2.45) is 7.05 Å². The van der Waals surface area contributed by atoms with Crippen LogP contribution in [0.3, 0.4) is 0 Å². The van der Waals surface area contributed by atoms with Gasteiger partial charge in [-0.3, -0.25) is 9.48 Å². The Balaban J connectivity index is 2.21. The van der Waals surface area contributed by atoms with Gasteiger partial charge in [0.05, 0.1) is 29.6 Å². The zero-order valence-corrected chi connectivity index (χ0v) is 11.9. The van der Waals surface area contributed by atoms with E-state index >= 15 is 0 Å². The number of hydrogen-bond donors (Lipinski definition) is 1. The van der Waals surface area contributed by atoms with Gasteiger partial charge >= 0.3 is 0 Å². The van der Waals surface area contributed by atoms with Crippen molar-refractivity contribution in [1.82, 2.24) is 14.7 Å². The Bertz CT molecular complexity index is 481. The molecule has 1 amide bonds. The van der Waals surface area contributed by atoms with Gasteiger partial charge in [0, 0.05) is 26.3 Å². The molecule has 1 aliphatic rings. The summed E-state index contributed by atoms with van der Waals surface area (Å²) in [4.78, 5) is 14.2. The van der Waals surface area contributed by atoms with Crippen molar-refractivity contribution in [3.05, 3.63) is 17.5 Å². The lowest BCUT2D eigenvalue weighted by atomic mass is 10.0. The summed E-state index contributed by atoms with van der Waals surface area (Å²) in [6.45, 7) is 6.50. The van der Waals surface area contributed by atoms with Crippen molar-refractivity contribution in [3.63, 3.8) is 0 Å². The van der Waals surface area contributed by atoms with Crippen LogP contribution in [0.4, 0.5) is 0 Å². The van der Waals surface area contributed by atoms with Crippen LogP contribution >= 0.6 is 0 Å². The first-order chi connectivity index (χ1) is 8.82. The molecule has 19 heavy (non-hydrogen) atoms. The van der Waals surface area contributed by atoms with E-state index in [4.69, 9.17) is 4.74 Å². The molecule has 1 aliphatic heterocycles. The van der Waals surface area contributed by atoms with Crippen LogP contribution in [-0.4, -0.2) is 57.1 Å². The highest BCUT2D eigenvalue weighted by molar-refractivity contribution is 5.95. The summed E-state index contributed by atoms with van der Waals surface area (Å²) >= 11 is 0. The van der Waals surface area contributed by atoms with E-state index in [0.29, 0.717) is 18.7 Å². The molecule has 1 aromatic heterocycles. The zero-order valence-electron chi connectivity index (χ0n) is 11.9. The number of carbonyl (C=O) groups is 1. The van der Waals surface area contributed by atoms with Crippen LogP contribution in [0.2, 0.25) is 0 Å². The normalized spacial score (nSPS) is 22.6. The molecule has 1 saturated heterocycles. The lowest BCUT2D eigenvalue weighted by molar-refractivity contribution is -0.139. The molecule has 1 unspecified atom stereocenters. The Morgan fingerprint density at radius 1 is 1.63 bits per heavy atom. The Hall–Kier alpha value is -1.40. The van der Waals surface area contributed by atoms with Crippen LogP contribution in [0.5, 0.6) is 0 Å². The summed E-state index contributed by atoms with van der Waals surface area (Å²) in [7, 11) is 1.80. The van der Waals surface area contributed by atoms with Crippen molar-refractivity contribution in [2.75, 3.05) is 19.7 Å². The molecule has 1 fully saturated rings. The number of morpholine rings is 1. The van der Waals surface area contributed by atoms with Gasteiger partial charge < -0.3 is 14.7 Å². The summed E-state index contributed by atoms with van der Waals surface area (Å²) in [6, 6.07) is 0. The maximum absolute atomic E-state index is 12.5. The Kier molecular flexibility index (Phi) is 3.64. The average molecular weight is 267 g/mol. The fourth-order valence-corrected chi connectivity index (χ4v) is 2.53. The minimum Gasteiger partial charge on any atom is -0.394 e. The first-order valence-electron chi connectivity index (χ1n) is 6.40. The van der Waals surface area contributed by atoms with Crippen molar-refractivity contribution in [3.8, 4) is 0 Å². The molecule has 0 radical (unpaired) electrons. The SMILES string of the molecule is Cc1nn(C)cc1C(=O)N1CC(CO)OC(C)(C)C1. The molecule has 106 valence electrons. The Morgan fingerprint density at radius 3 is 2.84 bits per heavy atom. The summed E-state index contributed by atoms with van der Waals surface area (Å²) in [5, 5.41) is 13.5. The van der Waals surface area contributed by atoms with Crippen molar-refractivity contribution in [1.29, 1.82) is 0 Å². The predicted octanol–water partition coefficient (Wildman–Crippen LogP) is 0.340. The number of carbonyl (C=O) groups excluding carboxylic acids is 1. The lowest BCUT2D eigenvalue weighted by Crippen LogP contribution is -2.55. The molecule has 0 aromatic carbocycles. The number of aliphatic hydroxyl groups is 1. The van der Waals surface area contributed by atoms with E-state index in [1.807, 2.05) is 20.8 Å². The molecule has 1 atom stereocenters. The second-order valence-electron chi connectivity index (χ2n) is 5.67. The van der Waals surface area contributed by atoms with Crippen LogP contribution in [0.1, 0.15) is 29.9 Å². The minimum absolute atomic E-state index is 0.0552. The van der Waals surface area contributed by atoms with Crippen LogP contribution in [0, 0.1) is 6.92 Å². The van der Waals surface area contributed by atoms with E-state index in [1.165, 1.54) is 0 Å². The van der Waals surface area contributed by atoms with Gasteiger partial charge in [-0.1, -0.05) is 0 Å². The molecule has 6 heteroatoms. The van der Waals surface area contributed by atoms with Crippen LogP contribution < -0.4 is 0 Å². The monoisotopic (exact) mass is 267 g/mol. The number of ether oxygens (including phenoxy) is 1. The molecule has 0 bridgehead atoms. The van der Waals surface area contributed by atoms with Crippen LogP contribution in [0.15, 0.2) is 6.20 Å². The smallest absolute Gasteiger partial charge is 0.257 e. The van der Waals surface area contributed by atoms with E-state index in [9.17, 15) is 9.90 Å². The summed E-state index contributed by atoms with van der Waals surface area (Å²) < 4.78 is 7.35. The zero-order chi connectivity index (χ0) is 14.2. The van der Waals surface area contributed by atoms with Gasteiger partial charge in [0.2, 0.25) is 0 Å². The number of aliphatic hydroxyl groups excluding tert-OH is 1. The highest BCUT2D eigenvalue weighted by Gasteiger charge is 2.36. The van der Waals surface area contributed by atoms with E-state index in [0.717, 1.165) is 5.69 Å². The largest absolute Gasteiger partial charge is 0.394 e. The highest BCUT2D eigenvalue weighted by Crippen LogP contribution is 2.23. The fraction of sp³-hybridized carbons (Fsp3) is 0.692. The van der Waals surface area contributed by atoms with Gasteiger partial charge in [0.1, 0.15) is 0 Å². The Labute approximate surface area is 113 Å². The third-order valence-corrected chi connectivity index (χ3v) is 3.22. The quantitative estimate of drug-likeness (QED) is 0.839. The molecule has 0 saturated carbocycles. The summed E-state index contributed by atoms with van der Waals surface area (Å²) in [5.41, 5.74) is 0.881. The maximum atomic E-state index is 12.5. The number of rotatable bonds is 2. The average Bonchev–Trinajstić information content (AvgIpc) is 2.65. The van der Waals surface area contributed by atoms with Gasteiger partial charge in [-0.2, -0.15) is 5.10 Å². The van der Waals surface area contributed by atoms with Crippen molar-refractivity contribution in [2.45, 2.75) is 32.5 Å². The molecule has 2 heterocycles. The second kappa shape index (κ2) is 4.94. The topological polar surface area (TPSA) is 67.6 Å².